The number of piperidine rings is 1. The van der Waals surface area contributed by atoms with Gasteiger partial charge in [-0.15, -0.1) is 0 Å². The second kappa shape index (κ2) is 6.83. The van der Waals surface area contributed by atoms with Crippen molar-refractivity contribution in [1.29, 1.82) is 0 Å². The molecule has 2 fully saturated rings. The van der Waals surface area contributed by atoms with Gasteiger partial charge in [-0.3, -0.25) is 9.59 Å². The van der Waals surface area contributed by atoms with Crippen LogP contribution in [0.15, 0.2) is 36.7 Å². The summed E-state index contributed by atoms with van der Waals surface area (Å²) in [6, 6.07) is 8.35. The number of imidazole rings is 1. The van der Waals surface area contributed by atoms with E-state index in [1.807, 2.05) is 22.9 Å². The lowest BCUT2D eigenvalue weighted by Crippen LogP contribution is -2.44. The molecule has 0 atom stereocenters. The molecule has 0 N–H and O–H groups in total. The fraction of sp³-hybridized carbons (Fsp3) is 0.476. The molecule has 2 aromatic rings. The van der Waals surface area contributed by atoms with Crippen LogP contribution in [0, 0.1) is 12.3 Å². The summed E-state index contributed by atoms with van der Waals surface area (Å²) in [7, 11) is 1.84. The molecule has 6 heteroatoms. The minimum Gasteiger partial charge on any atom is -0.338 e. The SMILES string of the molecule is Cc1cccc(CN2CC3(CCN(C(=O)c4nccn4C)CC3)CC2=O)c1. The van der Waals surface area contributed by atoms with E-state index < -0.39 is 0 Å². The van der Waals surface area contributed by atoms with Gasteiger partial charge in [-0.05, 0) is 25.3 Å². The molecule has 27 heavy (non-hydrogen) atoms. The largest absolute Gasteiger partial charge is 0.338 e. The highest BCUT2D eigenvalue weighted by Gasteiger charge is 2.45. The fourth-order valence-electron chi connectivity index (χ4n) is 4.39. The monoisotopic (exact) mass is 366 g/mol. The number of hydrogen-bond donors (Lipinski definition) is 0. The Hall–Kier alpha value is -2.63. The molecule has 1 spiro atoms. The van der Waals surface area contributed by atoms with Crippen LogP contribution in [0.2, 0.25) is 0 Å². The van der Waals surface area contributed by atoms with Crippen LogP contribution in [0.4, 0.5) is 0 Å². The first-order valence-electron chi connectivity index (χ1n) is 9.56. The molecule has 1 aromatic heterocycles. The first-order chi connectivity index (χ1) is 13.0. The molecular weight excluding hydrogens is 340 g/mol. The summed E-state index contributed by atoms with van der Waals surface area (Å²) in [4.78, 5) is 33.3. The molecule has 0 aliphatic carbocycles. The maximum atomic E-state index is 12.7. The van der Waals surface area contributed by atoms with Gasteiger partial charge in [0.15, 0.2) is 5.82 Å². The molecule has 0 saturated carbocycles. The van der Waals surface area contributed by atoms with Crippen molar-refractivity contribution in [3.05, 3.63) is 53.6 Å². The minimum atomic E-state index is -0.0155. The van der Waals surface area contributed by atoms with Gasteiger partial charge in [-0.25, -0.2) is 4.98 Å². The van der Waals surface area contributed by atoms with Crippen LogP contribution in [-0.2, 0) is 18.4 Å². The third-order valence-corrected chi connectivity index (χ3v) is 5.98. The lowest BCUT2D eigenvalue weighted by atomic mass is 9.77. The number of likely N-dealkylation sites (tertiary alicyclic amines) is 2. The third kappa shape index (κ3) is 3.48. The van der Waals surface area contributed by atoms with Crippen molar-refractivity contribution in [3.8, 4) is 0 Å². The quantitative estimate of drug-likeness (QED) is 0.838. The number of hydrogen-bond acceptors (Lipinski definition) is 3. The molecule has 2 amide bonds. The van der Waals surface area contributed by atoms with Gasteiger partial charge in [0.2, 0.25) is 5.91 Å². The van der Waals surface area contributed by atoms with Gasteiger partial charge in [-0.2, -0.15) is 0 Å². The highest BCUT2D eigenvalue weighted by atomic mass is 16.2. The number of carbonyl (C=O) groups excluding carboxylic acids is 2. The number of aromatic nitrogens is 2. The molecule has 0 unspecified atom stereocenters. The van der Waals surface area contributed by atoms with Gasteiger partial charge in [0.1, 0.15) is 0 Å². The maximum absolute atomic E-state index is 12.7. The summed E-state index contributed by atoms with van der Waals surface area (Å²) in [6.45, 7) is 4.93. The summed E-state index contributed by atoms with van der Waals surface area (Å²) in [6.07, 6.45) is 5.79. The summed E-state index contributed by atoms with van der Waals surface area (Å²) in [5.74, 6) is 0.702. The zero-order chi connectivity index (χ0) is 19.0. The van der Waals surface area contributed by atoms with E-state index in [1.54, 1.807) is 17.0 Å². The van der Waals surface area contributed by atoms with E-state index in [0.717, 1.165) is 19.4 Å². The Bertz CT molecular complexity index is 865. The van der Waals surface area contributed by atoms with E-state index in [1.165, 1.54) is 11.1 Å². The first-order valence-corrected chi connectivity index (χ1v) is 9.56. The predicted octanol–water partition coefficient (Wildman–Crippen LogP) is 2.38. The Balaban J connectivity index is 1.39. The molecule has 1 aromatic carbocycles. The van der Waals surface area contributed by atoms with Crippen molar-refractivity contribution in [3.63, 3.8) is 0 Å². The molecule has 4 rings (SSSR count). The normalized spacial score (nSPS) is 19.1. The van der Waals surface area contributed by atoms with Crippen molar-refractivity contribution >= 4 is 11.8 Å². The Morgan fingerprint density at radius 1 is 1.26 bits per heavy atom. The Labute approximate surface area is 159 Å². The van der Waals surface area contributed by atoms with Gasteiger partial charge in [0, 0.05) is 57.5 Å². The number of rotatable bonds is 3. The summed E-state index contributed by atoms with van der Waals surface area (Å²) >= 11 is 0. The molecule has 6 nitrogen and oxygen atoms in total. The molecule has 142 valence electrons. The van der Waals surface area contributed by atoms with Crippen LogP contribution in [0.3, 0.4) is 0 Å². The van der Waals surface area contributed by atoms with Gasteiger partial charge < -0.3 is 14.4 Å². The molecule has 0 bridgehead atoms. The smallest absolute Gasteiger partial charge is 0.289 e. The van der Waals surface area contributed by atoms with Gasteiger partial charge in [0.05, 0.1) is 0 Å². The predicted molar refractivity (Wildman–Crippen MR) is 102 cm³/mol. The van der Waals surface area contributed by atoms with E-state index >= 15 is 0 Å². The average molecular weight is 366 g/mol. The lowest BCUT2D eigenvalue weighted by molar-refractivity contribution is -0.128. The second-order valence-corrected chi connectivity index (χ2v) is 8.07. The van der Waals surface area contributed by atoms with Crippen molar-refractivity contribution in [2.75, 3.05) is 19.6 Å². The van der Waals surface area contributed by atoms with Gasteiger partial charge >= 0.3 is 0 Å². The summed E-state index contributed by atoms with van der Waals surface area (Å²) < 4.78 is 1.76. The Morgan fingerprint density at radius 3 is 2.70 bits per heavy atom. The highest BCUT2D eigenvalue weighted by molar-refractivity contribution is 5.91. The van der Waals surface area contributed by atoms with Crippen molar-refractivity contribution in [1.82, 2.24) is 19.4 Å². The molecule has 3 heterocycles. The van der Waals surface area contributed by atoms with Crippen LogP contribution in [0.25, 0.3) is 0 Å². The van der Waals surface area contributed by atoms with Gasteiger partial charge in [0.25, 0.3) is 5.91 Å². The number of nitrogens with zero attached hydrogens (tertiary/aromatic N) is 4. The number of carbonyl (C=O) groups is 2. The van der Waals surface area contributed by atoms with Crippen LogP contribution in [-0.4, -0.2) is 50.8 Å². The van der Waals surface area contributed by atoms with E-state index in [0.29, 0.717) is 31.9 Å². The third-order valence-electron chi connectivity index (χ3n) is 5.98. The van der Waals surface area contributed by atoms with E-state index in [-0.39, 0.29) is 17.2 Å². The van der Waals surface area contributed by atoms with Crippen molar-refractivity contribution < 1.29 is 9.59 Å². The number of benzene rings is 1. The lowest BCUT2D eigenvalue weighted by Gasteiger charge is -2.38. The Kier molecular flexibility index (Phi) is 4.50. The number of aryl methyl sites for hydroxylation is 2. The minimum absolute atomic E-state index is 0.0132. The van der Waals surface area contributed by atoms with Crippen molar-refractivity contribution in [2.24, 2.45) is 12.5 Å². The maximum Gasteiger partial charge on any atom is 0.289 e. The standard InChI is InChI=1S/C21H26N4O2/c1-16-4-3-5-17(12-16)14-25-15-21(13-18(25)26)6-9-24(10-7-21)20(27)19-22-8-11-23(19)2/h3-5,8,11-12H,6-7,9-10,13-15H2,1-2H3. The molecule has 2 aliphatic heterocycles. The highest BCUT2D eigenvalue weighted by Crippen LogP contribution is 2.41. The molecule has 2 saturated heterocycles. The molecule has 2 aliphatic rings. The average Bonchev–Trinajstić information content (AvgIpc) is 3.19. The first kappa shape index (κ1) is 17.8. The second-order valence-electron chi connectivity index (χ2n) is 8.07. The zero-order valence-electron chi connectivity index (χ0n) is 16.0. The van der Waals surface area contributed by atoms with Crippen LogP contribution in [0.5, 0.6) is 0 Å². The summed E-state index contributed by atoms with van der Waals surface area (Å²) in [5.41, 5.74) is 2.41. The van der Waals surface area contributed by atoms with Crippen LogP contribution < -0.4 is 0 Å². The summed E-state index contributed by atoms with van der Waals surface area (Å²) in [5, 5.41) is 0. The Morgan fingerprint density at radius 2 is 2.04 bits per heavy atom. The van der Waals surface area contributed by atoms with E-state index in [2.05, 4.69) is 30.1 Å². The van der Waals surface area contributed by atoms with Crippen LogP contribution in [0.1, 0.15) is 41.0 Å². The van der Waals surface area contributed by atoms with Crippen molar-refractivity contribution in [2.45, 2.75) is 32.7 Å². The zero-order valence-corrected chi connectivity index (χ0v) is 16.0. The van der Waals surface area contributed by atoms with Crippen LogP contribution >= 0.6 is 0 Å². The topological polar surface area (TPSA) is 58.4 Å². The molecule has 0 radical (unpaired) electrons. The van der Waals surface area contributed by atoms with E-state index in [4.69, 9.17) is 0 Å². The fourth-order valence-corrected chi connectivity index (χ4v) is 4.39. The van der Waals surface area contributed by atoms with Gasteiger partial charge in [-0.1, -0.05) is 29.8 Å². The molecular formula is C21H26N4O2. The number of amides is 2. The van der Waals surface area contributed by atoms with E-state index in [9.17, 15) is 9.59 Å².